The standard InChI is InChI=1S/C24H26FN3O3S/c1-15(2)3-6-18-11-19(25)9-10-21(18)26-13-16-4-7-17(8-5-16)23(31)28-24-27-20(14-32-24)12-22(29)30/h4-5,7-11,14-15,26H,3,6,12-13H2,1-2H3,(H,29,30)(H,27,28,31). The van der Waals surface area contributed by atoms with E-state index in [0.29, 0.717) is 28.9 Å². The minimum absolute atomic E-state index is 0.179. The number of benzene rings is 2. The first-order valence-electron chi connectivity index (χ1n) is 10.4. The second-order valence-corrected chi connectivity index (χ2v) is 8.81. The largest absolute Gasteiger partial charge is 0.481 e. The molecule has 0 saturated heterocycles. The Kier molecular flexibility index (Phi) is 7.94. The number of hydrogen-bond acceptors (Lipinski definition) is 5. The summed E-state index contributed by atoms with van der Waals surface area (Å²) in [7, 11) is 0. The molecule has 0 spiro atoms. The maximum absolute atomic E-state index is 13.7. The van der Waals surface area contributed by atoms with Gasteiger partial charge in [0.05, 0.1) is 12.1 Å². The van der Waals surface area contributed by atoms with Crippen molar-refractivity contribution < 1.29 is 19.1 Å². The molecule has 1 heterocycles. The fourth-order valence-corrected chi connectivity index (χ4v) is 3.83. The van der Waals surface area contributed by atoms with Crippen LogP contribution in [-0.4, -0.2) is 22.0 Å². The molecule has 6 nitrogen and oxygen atoms in total. The summed E-state index contributed by atoms with van der Waals surface area (Å²) >= 11 is 1.19. The molecule has 3 aromatic rings. The number of anilines is 2. The van der Waals surface area contributed by atoms with Crippen molar-refractivity contribution in [2.45, 2.75) is 39.7 Å². The summed E-state index contributed by atoms with van der Waals surface area (Å²) in [5, 5.41) is 16.8. The Bertz CT molecular complexity index is 1080. The Labute approximate surface area is 190 Å². The summed E-state index contributed by atoms with van der Waals surface area (Å²) in [4.78, 5) is 27.3. The Hall–Kier alpha value is -3.26. The first kappa shape index (κ1) is 23.4. The van der Waals surface area contributed by atoms with E-state index in [0.717, 1.165) is 29.7 Å². The quantitative estimate of drug-likeness (QED) is 0.383. The number of nitrogens with zero attached hydrogens (tertiary/aromatic N) is 1. The zero-order chi connectivity index (χ0) is 23.1. The highest BCUT2D eigenvalue weighted by Crippen LogP contribution is 2.22. The molecule has 0 aliphatic carbocycles. The smallest absolute Gasteiger partial charge is 0.309 e. The number of carboxylic acids is 1. The van der Waals surface area contributed by atoms with Gasteiger partial charge in [-0.15, -0.1) is 11.3 Å². The molecule has 8 heteroatoms. The summed E-state index contributed by atoms with van der Waals surface area (Å²) in [6, 6.07) is 12.0. The molecule has 0 aliphatic heterocycles. The topological polar surface area (TPSA) is 91.3 Å². The minimum Gasteiger partial charge on any atom is -0.481 e. The summed E-state index contributed by atoms with van der Waals surface area (Å²) in [5.74, 6) is -0.974. The van der Waals surface area contributed by atoms with E-state index in [-0.39, 0.29) is 18.1 Å². The van der Waals surface area contributed by atoms with E-state index in [2.05, 4.69) is 29.5 Å². The van der Waals surface area contributed by atoms with E-state index in [4.69, 9.17) is 5.11 Å². The molecule has 1 aromatic heterocycles. The fraction of sp³-hybridized carbons (Fsp3) is 0.292. The van der Waals surface area contributed by atoms with Gasteiger partial charge in [-0.3, -0.25) is 14.9 Å². The monoisotopic (exact) mass is 455 g/mol. The van der Waals surface area contributed by atoms with Crippen molar-refractivity contribution in [3.63, 3.8) is 0 Å². The molecule has 0 radical (unpaired) electrons. The zero-order valence-corrected chi connectivity index (χ0v) is 18.8. The van der Waals surface area contributed by atoms with Gasteiger partial charge in [-0.1, -0.05) is 26.0 Å². The first-order valence-corrected chi connectivity index (χ1v) is 11.3. The summed E-state index contributed by atoms with van der Waals surface area (Å²) in [5.41, 5.74) is 3.74. The van der Waals surface area contributed by atoms with Crippen molar-refractivity contribution in [2.75, 3.05) is 10.6 Å². The Morgan fingerprint density at radius 2 is 1.91 bits per heavy atom. The molecular formula is C24H26FN3O3S. The van der Waals surface area contributed by atoms with Gasteiger partial charge in [0.1, 0.15) is 5.82 Å². The molecule has 3 rings (SSSR count). The van der Waals surface area contributed by atoms with Crippen LogP contribution < -0.4 is 10.6 Å². The SMILES string of the molecule is CC(C)CCc1cc(F)ccc1NCc1ccc(C(=O)Nc2nc(CC(=O)O)cs2)cc1. The van der Waals surface area contributed by atoms with Gasteiger partial charge in [0, 0.05) is 23.2 Å². The molecule has 3 N–H and O–H groups in total. The van der Waals surface area contributed by atoms with Gasteiger partial charge >= 0.3 is 5.97 Å². The Morgan fingerprint density at radius 3 is 2.59 bits per heavy atom. The number of amides is 1. The summed E-state index contributed by atoms with van der Waals surface area (Å²) < 4.78 is 13.7. The normalized spacial score (nSPS) is 10.9. The predicted octanol–water partition coefficient (Wildman–Crippen LogP) is 5.36. The second kappa shape index (κ2) is 10.9. The molecule has 0 atom stereocenters. The lowest BCUT2D eigenvalue weighted by Gasteiger charge is -2.14. The second-order valence-electron chi connectivity index (χ2n) is 7.95. The van der Waals surface area contributed by atoms with E-state index in [1.54, 1.807) is 29.6 Å². The molecule has 0 bridgehead atoms. The summed E-state index contributed by atoms with van der Waals surface area (Å²) in [6.07, 6.45) is 1.61. The number of rotatable bonds is 10. The third kappa shape index (κ3) is 6.88. The molecule has 2 aromatic carbocycles. The van der Waals surface area contributed by atoms with Crippen molar-refractivity contribution in [1.29, 1.82) is 0 Å². The number of halogens is 1. The van der Waals surface area contributed by atoms with Gasteiger partial charge in [-0.2, -0.15) is 0 Å². The van der Waals surface area contributed by atoms with Crippen molar-refractivity contribution in [2.24, 2.45) is 5.92 Å². The number of carbonyl (C=O) groups excluding carboxylic acids is 1. The number of thiazole rings is 1. The molecular weight excluding hydrogens is 429 g/mol. The van der Waals surface area contributed by atoms with E-state index in [9.17, 15) is 14.0 Å². The van der Waals surface area contributed by atoms with Gasteiger partial charge in [0.15, 0.2) is 5.13 Å². The van der Waals surface area contributed by atoms with Crippen LogP contribution >= 0.6 is 11.3 Å². The van der Waals surface area contributed by atoms with Crippen LogP contribution in [0, 0.1) is 11.7 Å². The van der Waals surface area contributed by atoms with Crippen LogP contribution in [0.2, 0.25) is 0 Å². The Balaban J connectivity index is 1.58. The third-order valence-corrected chi connectivity index (χ3v) is 5.67. The maximum Gasteiger partial charge on any atom is 0.309 e. The maximum atomic E-state index is 13.7. The minimum atomic E-state index is -0.968. The number of hydrogen-bond donors (Lipinski definition) is 3. The van der Waals surface area contributed by atoms with Crippen molar-refractivity contribution >= 4 is 34.0 Å². The van der Waals surface area contributed by atoms with Gasteiger partial charge < -0.3 is 10.4 Å². The summed E-state index contributed by atoms with van der Waals surface area (Å²) in [6.45, 7) is 4.84. The molecule has 168 valence electrons. The molecule has 0 aliphatic rings. The predicted molar refractivity (Wildman–Crippen MR) is 125 cm³/mol. The molecule has 32 heavy (non-hydrogen) atoms. The van der Waals surface area contributed by atoms with E-state index < -0.39 is 5.97 Å². The number of aryl methyl sites for hydroxylation is 1. The van der Waals surface area contributed by atoms with Crippen LogP contribution in [0.4, 0.5) is 15.2 Å². The number of aromatic nitrogens is 1. The number of aliphatic carboxylic acids is 1. The van der Waals surface area contributed by atoms with Crippen LogP contribution in [0.5, 0.6) is 0 Å². The van der Waals surface area contributed by atoms with Crippen molar-refractivity contribution in [3.8, 4) is 0 Å². The average molecular weight is 456 g/mol. The lowest BCUT2D eigenvalue weighted by Crippen LogP contribution is -2.12. The van der Waals surface area contributed by atoms with Gasteiger partial charge in [-0.05, 0) is 60.2 Å². The number of carboxylic acid groups (broad SMARTS) is 1. The van der Waals surface area contributed by atoms with Crippen LogP contribution in [0.25, 0.3) is 0 Å². The highest BCUT2D eigenvalue weighted by molar-refractivity contribution is 7.14. The lowest BCUT2D eigenvalue weighted by molar-refractivity contribution is -0.136. The lowest BCUT2D eigenvalue weighted by atomic mass is 10.0. The number of carbonyl (C=O) groups is 2. The van der Waals surface area contributed by atoms with E-state index in [1.807, 2.05) is 12.1 Å². The van der Waals surface area contributed by atoms with Crippen LogP contribution in [0.1, 0.15) is 47.4 Å². The average Bonchev–Trinajstić information content (AvgIpc) is 3.17. The molecule has 1 amide bonds. The van der Waals surface area contributed by atoms with Crippen LogP contribution in [0.15, 0.2) is 47.8 Å². The van der Waals surface area contributed by atoms with Crippen molar-refractivity contribution in [1.82, 2.24) is 4.98 Å². The zero-order valence-electron chi connectivity index (χ0n) is 18.0. The molecule has 0 fully saturated rings. The first-order chi connectivity index (χ1) is 15.3. The molecule has 0 saturated carbocycles. The van der Waals surface area contributed by atoms with E-state index in [1.165, 1.54) is 17.4 Å². The van der Waals surface area contributed by atoms with E-state index >= 15 is 0 Å². The number of nitrogens with one attached hydrogen (secondary N) is 2. The highest BCUT2D eigenvalue weighted by Gasteiger charge is 2.11. The van der Waals surface area contributed by atoms with Crippen molar-refractivity contribution in [3.05, 3.63) is 76.0 Å². The fourth-order valence-electron chi connectivity index (χ4n) is 3.13. The third-order valence-electron chi connectivity index (χ3n) is 4.86. The highest BCUT2D eigenvalue weighted by atomic mass is 32.1. The van der Waals surface area contributed by atoms with Crippen LogP contribution in [0.3, 0.4) is 0 Å². The van der Waals surface area contributed by atoms with Gasteiger partial charge in [0.25, 0.3) is 5.91 Å². The molecule has 0 unspecified atom stereocenters. The Morgan fingerprint density at radius 1 is 1.16 bits per heavy atom. The van der Waals surface area contributed by atoms with Crippen LogP contribution in [-0.2, 0) is 24.2 Å². The van der Waals surface area contributed by atoms with Gasteiger partial charge in [0.2, 0.25) is 0 Å². The van der Waals surface area contributed by atoms with Gasteiger partial charge in [-0.25, -0.2) is 9.37 Å².